The van der Waals surface area contributed by atoms with Crippen LogP contribution in [0.25, 0.3) is 0 Å². The van der Waals surface area contributed by atoms with Crippen molar-refractivity contribution in [2.45, 2.75) is 33.6 Å². The molecule has 0 amide bonds. The summed E-state index contributed by atoms with van der Waals surface area (Å²) in [5.74, 6) is 1.82. The van der Waals surface area contributed by atoms with Gasteiger partial charge in [0, 0.05) is 25.2 Å². The standard InChI is InChI=1S/C14H23ClN2/c1-11(2)9-17(10-12(3)4)14-8-16-6-5-13(14)7-15/h5-6,8,11-12H,7,9-10H2,1-4H3. The predicted octanol–water partition coefficient (Wildman–Crippen LogP) is 3.94. The molecule has 1 aromatic heterocycles. The van der Waals surface area contributed by atoms with Crippen molar-refractivity contribution in [3.05, 3.63) is 24.0 Å². The Bertz CT molecular complexity index is 327. The van der Waals surface area contributed by atoms with Gasteiger partial charge in [-0.05, 0) is 23.5 Å². The van der Waals surface area contributed by atoms with E-state index in [2.05, 4.69) is 37.6 Å². The zero-order valence-corrected chi connectivity index (χ0v) is 12.0. The Kier molecular flexibility index (Phi) is 5.76. The van der Waals surface area contributed by atoms with E-state index < -0.39 is 0 Å². The molecule has 0 aliphatic rings. The van der Waals surface area contributed by atoms with Gasteiger partial charge in [0.1, 0.15) is 0 Å². The van der Waals surface area contributed by atoms with E-state index in [0.29, 0.717) is 17.7 Å². The third kappa shape index (κ3) is 4.55. The molecule has 0 saturated heterocycles. The Labute approximate surface area is 110 Å². The maximum Gasteiger partial charge on any atom is 0.0597 e. The number of rotatable bonds is 6. The fourth-order valence-electron chi connectivity index (χ4n) is 1.97. The molecule has 3 heteroatoms. The van der Waals surface area contributed by atoms with Crippen LogP contribution in [0.2, 0.25) is 0 Å². The van der Waals surface area contributed by atoms with Gasteiger partial charge in [0.05, 0.1) is 11.9 Å². The monoisotopic (exact) mass is 254 g/mol. The minimum Gasteiger partial charge on any atom is -0.370 e. The van der Waals surface area contributed by atoms with Crippen LogP contribution < -0.4 is 4.90 Å². The lowest BCUT2D eigenvalue weighted by molar-refractivity contribution is 0.551. The van der Waals surface area contributed by atoms with E-state index in [-0.39, 0.29) is 0 Å². The summed E-state index contributed by atoms with van der Waals surface area (Å²) in [6, 6.07) is 2.01. The summed E-state index contributed by atoms with van der Waals surface area (Å²) in [6.07, 6.45) is 3.74. The molecule has 0 aliphatic carbocycles. The lowest BCUT2D eigenvalue weighted by atomic mass is 10.1. The van der Waals surface area contributed by atoms with Gasteiger partial charge in [-0.3, -0.25) is 4.98 Å². The first-order chi connectivity index (χ1) is 8.04. The molecule has 0 unspecified atom stereocenters. The normalized spacial score (nSPS) is 11.2. The Morgan fingerprint density at radius 3 is 2.24 bits per heavy atom. The second-order valence-electron chi connectivity index (χ2n) is 5.33. The number of alkyl halides is 1. The van der Waals surface area contributed by atoms with Crippen molar-refractivity contribution in [2.24, 2.45) is 11.8 Å². The van der Waals surface area contributed by atoms with Gasteiger partial charge >= 0.3 is 0 Å². The second-order valence-corrected chi connectivity index (χ2v) is 5.60. The number of anilines is 1. The summed E-state index contributed by atoms with van der Waals surface area (Å²) in [7, 11) is 0. The second kappa shape index (κ2) is 6.85. The Morgan fingerprint density at radius 1 is 1.18 bits per heavy atom. The van der Waals surface area contributed by atoms with Gasteiger partial charge < -0.3 is 4.90 Å². The SMILES string of the molecule is CC(C)CN(CC(C)C)c1cnccc1CCl. The smallest absolute Gasteiger partial charge is 0.0597 e. The lowest BCUT2D eigenvalue weighted by Crippen LogP contribution is -2.32. The summed E-state index contributed by atoms with van der Waals surface area (Å²) in [5.41, 5.74) is 2.35. The first-order valence-electron chi connectivity index (χ1n) is 6.28. The summed E-state index contributed by atoms with van der Waals surface area (Å²) >= 11 is 5.99. The summed E-state index contributed by atoms with van der Waals surface area (Å²) < 4.78 is 0. The van der Waals surface area contributed by atoms with Gasteiger partial charge in [-0.2, -0.15) is 0 Å². The molecule has 0 radical (unpaired) electrons. The van der Waals surface area contributed by atoms with Crippen LogP contribution in [0.1, 0.15) is 33.3 Å². The largest absolute Gasteiger partial charge is 0.370 e. The molecule has 2 nitrogen and oxygen atoms in total. The third-order valence-corrected chi connectivity index (χ3v) is 2.83. The summed E-state index contributed by atoms with van der Waals surface area (Å²) in [4.78, 5) is 6.63. The first-order valence-corrected chi connectivity index (χ1v) is 6.81. The Balaban J connectivity index is 2.94. The summed E-state index contributed by atoms with van der Waals surface area (Å²) in [6.45, 7) is 11.1. The van der Waals surface area contributed by atoms with Crippen molar-refractivity contribution in [1.29, 1.82) is 0 Å². The molecule has 1 rings (SSSR count). The molecule has 0 N–H and O–H groups in total. The molecule has 0 bridgehead atoms. The van der Waals surface area contributed by atoms with Crippen LogP contribution in [0.3, 0.4) is 0 Å². The number of hydrogen-bond acceptors (Lipinski definition) is 2. The Morgan fingerprint density at radius 2 is 1.76 bits per heavy atom. The topological polar surface area (TPSA) is 16.1 Å². The zero-order chi connectivity index (χ0) is 12.8. The van der Waals surface area contributed by atoms with Crippen molar-refractivity contribution in [3.63, 3.8) is 0 Å². The van der Waals surface area contributed by atoms with E-state index in [0.717, 1.165) is 13.1 Å². The molecule has 0 spiro atoms. The molecule has 1 aromatic rings. The molecular weight excluding hydrogens is 232 g/mol. The van der Waals surface area contributed by atoms with Crippen molar-refractivity contribution in [1.82, 2.24) is 4.98 Å². The zero-order valence-electron chi connectivity index (χ0n) is 11.3. The van der Waals surface area contributed by atoms with Gasteiger partial charge in [-0.15, -0.1) is 11.6 Å². The minimum absolute atomic E-state index is 0.546. The fraction of sp³-hybridized carbons (Fsp3) is 0.643. The van der Waals surface area contributed by atoms with Crippen molar-refractivity contribution < 1.29 is 0 Å². The maximum absolute atomic E-state index is 5.99. The maximum atomic E-state index is 5.99. The average molecular weight is 255 g/mol. The van der Waals surface area contributed by atoms with Crippen LogP contribution in [0, 0.1) is 11.8 Å². The van der Waals surface area contributed by atoms with E-state index in [1.54, 1.807) is 0 Å². The first kappa shape index (κ1) is 14.3. The average Bonchev–Trinajstić information content (AvgIpc) is 2.27. The molecule has 0 saturated carbocycles. The quantitative estimate of drug-likeness (QED) is 0.715. The van der Waals surface area contributed by atoms with E-state index in [9.17, 15) is 0 Å². The molecule has 17 heavy (non-hydrogen) atoms. The van der Waals surface area contributed by atoms with Gasteiger partial charge in [-0.25, -0.2) is 0 Å². The van der Waals surface area contributed by atoms with Crippen LogP contribution in [0.4, 0.5) is 5.69 Å². The number of halogens is 1. The molecule has 0 atom stereocenters. The number of aromatic nitrogens is 1. The fourth-order valence-corrected chi connectivity index (χ4v) is 2.19. The highest BCUT2D eigenvalue weighted by Gasteiger charge is 2.13. The Hall–Kier alpha value is -0.760. The van der Waals surface area contributed by atoms with Crippen molar-refractivity contribution in [3.8, 4) is 0 Å². The minimum atomic E-state index is 0.546. The van der Waals surface area contributed by atoms with E-state index in [1.807, 2.05) is 18.5 Å². The number of hydrogen-bond donors (Lipinski definition) is 0. The third-order valence-electron chi connectivity index (χ3n) is 2.54. The number of pyridine rings is 1. The molecule has 1 heterocycles. The van der Waals surface area contributed by atoms with Crippen molar-refractivity contribution >= 4 is 17.3 Å². The van der Waals surface area contributed by atoms with Crippen LogP contribution in [-0.4, -0.2) is 18.1 Å². The van der Waals surface area contributed by atoms with E-state index in [1.165, 1.54) is 11.3 Å². The van der Waals surface area contributed by atoms with Crippen LogP contribution in [-0.2, 0) is 5.88 Å². The van der Waals surface area contributed by atoms with Gasteiger partial charge in [0.25, 0.3) is 0 Å². The molecule has 96 valence electrons. The predicted molar refractivity (Wildman–Crippen MR) is 75.7 cm³/mol. The van der Waals surface area contributed by atoms with Gasteiger partial charge in [-0.1, -0.05) is 27.7 Å². The van der Waals surface area contributed by atoms with Gasteiger partial charge in [0.15, 0.2) is 0 Å². The lowest BCUT2D eigenvalue weighted by Gasteiger charge is -2.29. The highest BCUT2D eigenvalue weighted by atomic mass is 35.5. The summed E-state index contributed by atoms with van der Waals surface area (Å²) in [5, 5.41) is 0. The van der Waals surface area contributed by atoms with Crippen molar-refractivity contribution in [2.75, 3.05) is 18.0 Å². The molecule has 0 aromatic carbocycles. The van der Waals surface area contributed by atoms with Crippen LogP contribution in [0.15, 0.2) is 18.5 Å². The van der Waals surface area contributed by atoms with E-state index >= 15 is 0 Å². The van der Waals surface area contributed by atoms with Crippen LogP contribution in [0.5, 0.6) is 0 Å². The van der Waals surface area contributed by atoms with E-state index in [4.69, 9.17) is 11.6 Å². The van der Waals surface area contributed by atoms with Gasteiger partial charge in [0.2, 0.25) is 0 Å². The highest BCUT2D eigenvalue weighted by Crippen LogP contribution is 2.22. The molecular formula is C14H23ClN2. The number of nitrogens with zero attached hydrogens (tertiary/aromatic N) is 2. The molecule has 0 fully saturated rings. The molecule has 0 aliphatic heterocycles. The van der Waals surface area contributed by atoms with Crippen LogP contribution >= 0.6 is 11.6 Å². The highest BCUT2D eigenvalue weighted by molar-refractivity contribution is 6.17.